The van der Waals surface area contributed by atoms with Crippen molar-refractivity contribution in [2.75, 3.05) is 6.54 Å². The summed E-state index contributed by atoms with van der Waals surface area (Å²) >= 11 is 0. The van der Waals surface area contributed by atoms with Gasteiger partial charge in [-0.1, -0.05) is 13.0 Å². The highest BCUT2D eigenvalue weighted by atomic mass is 35.5. The van der Waals surface area contributed by atoms with E-state index in [0.717, 1.165) is 30.5 Å². The van der Waals surface area contributed by atoms with Crippen LogP contribution in [0.25, 0.3) is 11.0 Å². The van der Waals surface area contributed by atoms with Crippen molar-refractivity contribution in [3.05, 3.63) is 34.2 Å². The van der Waals surface area contributed by atoms with Crippen LogP contribution < -0.4 is 11.0 Å². The van der Waals surface area contributed by atoms with E-state index in [2.05, 4.69) is 24.4 Å². The fourth-order valence-corrected chi connectivity index (χ4v) is 2.07. The number of nitrogens with zero attached hydrogens (tertiary/aromatic N) is 2. The molecule has 0 aliphatic carbocycles. The smallest absolute Gasteiger partial charge is 0.313 e. The number of fused-ring (bicyclic) bond motifs is 1. The van der Waals surface area contributed by atoms with Gasteiger partial charge < -0.3 is 5.32 Å². The van der Waals surface area contributed by atoms with E-state index in [1.165, 1.54) is 5.56 Å². The molecule has 2 rings (SSSR count). The molecule has 0 atom stereocenters. The van der Waals surface area contributed by atoms with Crippen molar-refractivity contribution >= 4 is 23.4 Å². The largest absolute Gasteiger partial charge is 0.328 e. The summed E-state index contributed by atoms with van der Waals surface area (Å²) in [7, 11) is 3.62. The van der Waals surface area contributed by atoms with Crippen molar-refractivity contribution in [1.29, 1.82) is 0 Å². The highest BCUT2D eigenvalue weighted by Gasteiger charge is 2.07. The van der Waals surface area contributed by atoms with Crippen molar-refractivity contribution < 1.29 is 0 Å². The maximum absolute atomic E-state index is 11.8. The van der Waals surface area contributed by atoms with Gasteiger partial charge in [0.1, 0.15) is 0 Å². The average Bonchev–Trinajstić information content (AvgIpc) is 2.55. The minimum Gasteiger partial charge on any atom is -0.313 e. The third-order valence-electron chi connectivity index (χ3n) is 3.09. The number of hydrogen-bond donors (Lipinski definition) is 1. The normalized spacial score (nSPS) is 10.6. The van der Waals surface area contributed by atoms with E-state index < -0.39 is 0 Å². The van der Waals surface area contributed by atoms with Crippen molar-refractivity contribution in [3.8, 4) is 0 Å². The molecule has 0 spiro atoms. The Morgan fingerprint density at radius 3 is 2.50 bits per heavy atom. The van der Waals surface area contributed by atoms with Crippen LogP contribution in [0.1, 0.15) is 18.9 Å². The molecule has 0 amide bonds. The van der Waals surface area contributed by atoms with E-state index in [4.69, 9.17) is 0 Å². The minimum atomic E-state index is 0. The summed E-state index contributed by atoms with van der Waals surface area (Å²) < 4.78 is 3.37. The Morgan fingerprint density at radius 1 is 1.17 bits per heavy atom. The number of benzene rings is 1. The lowest BCUT2D eigenvalue weighted by molar-refractivity contribution is 0.675. The van der Waals surface area contributed by atoms with Crippen LogP contribution in [0.2, 0.25) is 0 Å². The molecule has 2 aromatic rings. The molecule has 0 aliphatic rings. The van der Waals surface area contributed by atoms with Gasteiger partial charge in [-0.2, -0.15) is 0 Å². The summed E-state index contributed by atoms with van der Waals surface area (Å²) in [6, 6.07) is 6.17. The summed E-state index contributed by atoms with van der Waals surface area (Å²) in [6.45, 7) is 4.02. The monoisotopic (exact) mass is 269 g/mol. The van der Waals surface area contributed by atoms with Gasteiger partial charge in [0.2, 0.25) is 0 Å². The van der Waals surface area contributed by atoms with Gasteiger partial charge in [0.15, 0.2) is 0 Å². The Labute approximate surface area is 113 Å². The lowest BCUT2D eigenvalue weighted by Crippen LogP contribution is -2.19. The van der Waals surface area contributed by atoms with E-state index in [1.54, 1.807) is 16.2 Å². The second-order valence-corrected chi connectivity index (χ2v) is 4.40. The number of aryl methyl sites for hydroxylation is 2. The van der Waals surface area contributed by atoms with Crippen LogP contribution >= 0.6 is 12.4 Å². The molecule has 1 heterocycles. The first-order valence-electron chi connectivity index (χ1n) is 6.00. The Kier molecular flexibility index (Phi) is 4.99. The number of nitrogens with one attached hydrogen (secondary N) is 1. The lowest BCUT2D eigenvalue weighted by Gasteiger charge is -2.04. The van der Waals surface area contributed by atoms with Gasteiger partial charge in [0, 0.05) is 20.6 Å². The quantitative estimate of drug-likeness (QED) is 0.860. The Morgan fingerprint density at radius 2 is 1.83 bits per heavy atom. The molecule has 0 saturated heterocycles. The van der Waals surface area contributed by atoms with E-state index in [9.17, 15) is 4.79 Å². The second-order valence-electron chi connectivity index (χ2n) is 4.40. The third kappa shape index (κ3) is 2.60. The molecule has 1 aromatic heterocycles. The summed E-state index contributed by atoms with van der Waals surface area (Å²) in [5, 5.41) is 3.36. The van der Waals surface area contributed by atoms with Crippen LogP contribution in [0, 0.1) is 0 Å². The van der Waals surface area contributed by atoms with Crippen LogP contribution in [-0.4, -0.2) is 15.7 Å². The van der Waals surface area contributed by atoms with E-state index in [-0.39, 0.29) is 18.1 Å². The summed E-state index contributed by atoms with van der Waals surface area (Å²) in [4.78, 5) is 11.8. The van der Waals surface area contributed by atoms with Crippen molar-refractivity contribution in [2.45, 2.75) is 19.9 Å². The fraction of sp³-hybridized carbons (Fsp3) is 0.462. The molecule has 1 aromatic carbocycles. The standard InChI is InChI=1S/C13H19N3O.ClH/c1-4-7-14-9-10-5-6-11-12(8-10)16(3)13(17)15(11)2;/h5-6,8,14H,4,7,9H2,1-3H3;1H. The molecule has 0 unspecified atom stereocenters. The van der Waals surface area contributed by atoms with Gasteiger partial charge >= 0.3 is 5.69 Å². The molecule has 0 bridgehead atoms. The van der Waals surface area contributed by atoms with Gasteiger partial charge in [-0.3, -0.25) is 9.13 Å². The zero-order valence-electron chi connectivity index (χ0n) is 11.1. The first kappa shape index (κ1) is 14.8. The molecular weight excluding hydrogens is 250 g/mol. The fourth-order valence-electron chi connectivity index (χ4n) is 2.07. The van der Waals surface area contributed by atoms with Gasteiger partial charge in [0.25, 0.3) is 0 Å². The third-order valence-corrected chi connectivity index (χ3v) is 3.09. The maximum Gasteiger partial charge on any atom is 0.328 e. The van der Waals surface area contributed by atoms with Crippen LogP contribution in [0.15, 0.2) is 23.0 Å². The first-order chi connectivity index (χ1) is 8.15. The van der Waals surface area contributed by atoms with E-state index >= 15 is 0 Å². The number of hydrogen-bond acceptors (Lipinski definition) is 2. The van der Waals surface area contributed by atoms with Gasteiger partial charge in [-0.05, 0) is 30.7 Å². The molecule has 0 radical (unpaired) electrons. The van der Waals surface area contributed by atoms with Crippen molar-refractivity contribution in [1.82, 2.24) is 14.5 Å². The number of rotatable bonds is 4. The van der Waals surface area contributed by atoms with Crippen LogP contribution in [-0.2, 0) is 20.6 Å². The molecule has 0 fully saturated rings. The maximum atomic E-state index is 11.8. The predicted molar refractivity (Wildman–Crippen MR) is 77.4 cm³/mol. The molecule has 4 nitrogen and oxygen atoms in total. The molecule has 0 saturated carbocycles. The first-order valence-corrected chi connectivity index (χ1v) is 6.00. The van der Waals surface area contributed by atoms with Crippen LogP contribution in [0.3, 0.4) is 0 Å². The topological polar surface area (TPSA) is 39.0 Å². The minimum absolute atomic E-state index is 0. The summed E-state index contributed by atoms with van der Waals surface area (Å²) in [5.74, 6) is 0. The SMILES string of the molecule is CCCNCc1ccc2c(c1)n(C)c(=O)n2C.Cl. The number of imidazole rings is 1. The van der Waals surface area contributed by atoms with Gasteiger partial charge in [0.05, 0.1) is 11.0 Å². The Hall–Kier alpha value is -1.26. The Bertz CT molecular complexity index is 586. The highest BCUT2D eigenvalue weighted by molar-refractivity contribution is 5.85. The summed E-state index contributed by atoms with van der Waals surface area (Å²) in [5.41, 5.74) is 3.22. The van der Waals surface area contributed by atoms with Gasteiger partial charge in [-0.25, -0.2) is 4.79 Å². The molecule has 100 valence electrons. The lowest BCUT2D eigenvalue weighted by atomic mass is 10.2. The number of halogens is 1. The summed E-state index contributed by atoms with van der Waals surface area (Å²) in [6.07, 6.45) is 1.13. The number of aromatic nitrogens is 2. The molecule has 0 aliphatic heterocycles. The zero-order chi connectivity index (χ0) is 12.4. The molecule has 1 N–H and O–H groups in total. The zero-order valence-corrected chi connectivity index (χ0v) is 11.9. The van der Waals surface area contributed by atoms with E-state index in [1.807, 2.05) is 13.1 Å². The molecule has 5 heteroatoms. The average molecular weight is 270 g/mol. The highest BCUT2D eigenvalue weighted by Crippen LogP contribution is 2.13. The van der Waals surface area contributed by atoms with Crippen molar-refractivity contribution in [2.24, 2.45) is 14.1 Å². The molecule has 18 heavy (non-hydrogen) atoms. The second kappa shape index (κ2) is 6.07. The van der Waals surface area contributed by atoms with Crippen molar-refractivity contribution in [3.63, 3.8) is 0 Å². The van der Waals surface area contributed by atoms with E-state index in [0.29, 0.717) is 0 Å². The molecular formula is C13H20ClN3O. The van der Waals surface area contributed by atoms with Crippen LogP contribution in [0.4, 0.5) is 0 Å². The predicted octanol–water partition coefficient (Wildman–Crippen LogP) is 1.80. The Balaban J connectivity index is 0.00000162. The van der Waals surface area contributed by atoms with Gasteiger partial charge in [-0.15, -0.1) is 12.4 Å². The van der Waals surface area contributed by atoms with Crippen LogP contribution in [0.5, 0.6) is 0 Å².